The van der Waals surface area contributed by atoms with Gasteiger partial charge in [0, 0.05) is 28.5 Å². The maximum absolute atomic E-state index is 4.96. The zero-order valence-corrected chi connectivity index (χ0v) is 26.2. The molecule has 7 aromatic rings. The summed E-state index contributed by atoms with van der Waals surface area (Å²) in [5, 5.41) is 0. The Morgan fingerprint density at radius 1 is 0.354 bits per heavy atom. The largest absolute Gasteiger partial charge is 0.208 e. The summed E-state index contributed by atoms with van der Waals surface area (Å²) < 4.78 is 0. The van der Waals surface area contributed by atoms with Gasteiger partial charge in [-0.1, -0.05) is 164 Å². The third-order valence-electron chi connectivity index (χ3n) is 9.51. The summed E-state index contributed by atoms with van der Waals surface area (Å²) in [5.74, 6) is 2.60. The Bertz CT molecular complexity index is 2300. The van der Waals surface area contributed by atoms with E-state index in [1.807, 2.05) is 60.7 Å². The topological polar surface area (TPSA) is 38.7 Å². The molecule has 1 heterocycles. The van der Waals surface area contributed by atoms with Crippen molar-refractivity contribution in [3.63, 3.8) is 0 Å². The van der Waals surface area contributed by atoms with E-state index < -0.39 is 0 Å². The molecule has 6 aromatic carbocycles. The van der Waals surface area contributed by atoms with E-state index >= 15 is 0 Å². The first kappa shape index (κ1) is 28.1. The van der Waals surface area contributed by atoms with Crippen LogP contribution in [0.3, 0.4) is 0 Å². The molecule has 3 heteroatoms. The second-order valence-corrected chi connectivity index (χ2v) is 12.4. The monoisotopic (exact) mass is 613 g/mol. The summed E-state index contributed by atoms with van der Waals surface area (Å²) in [6.45, 7) is 0. The lowest BCUT2D eigenvalue weighted by molar-refractivity contribution is 0.722. The van der Waals surface area contributed by atoms with Gasteiger partial charge in [0.25, 0.3) is 0 Å². The van der Waals surface area contributed by atoms with Crippen molar-refractivity contribution in [2.24, 2.45) is 0 Å². The average molecular weight is 614 g/mol. The lowest BCUT2D eigenvalue weighted by Crippen LogP contribution is -2.17. The van der Waals surface area contributed by atoms with Gasteiger partial charge in [-0.25, -0.2) is 15.0 Å². The molecule has 0 aliphatic heterocycles. The van der Waals surface area contributed by atoms with Crippen molar-refractivity contribution in [3.05, 3.63) is 193 Å². The maximum Gasteiger partial charge on any atom is 0.164 e. The van der Waals surface area contributed by atoms with Crippen molar-refractivity contribution in [3.8, 4) is 56.4 Å². The Morgan fingerprint density at radius 3 is 1.40 bits per heavy atom. The van der Waals surface area contributed by atoms with Crippen LogP contribution in [-0.4, -0.2) is 15.0 Å². The molecule has 0 spiro atoms. The van der Waals surface area contributed by atoms with E-state index in [1.165, 1.54) is 33.4 Å². The van der Waals surface area contributed by atoms with Gasteiger partial charge in [-0.2, -0.15) is 0 Å². The van der Waals surface area contributed by atoms with Crippen LogP contribution in [0.4, 0.5) is 0 Å². The zero-order valence-electron chi connectivity index (χ0n) is 26.2. The average Bonchev–Trinajstić information content (AvgIpc) is 3.18. The molecule has 0 N–H and O–H groups in total. The highest BCUT2D eigenvalue weighted by atomic mass is 15.0. The van der Waals surface area contributed by atoms with Gasteiger partial charge in [-0.15, -0.1) is 0 Å². The molecular weight excluding hydrogens is 583 g/mol. The first-order valence-corrected chi connectivity index (χ1v) is 16.4. The SMILES string of the molecule is C1=CC2c3ccccc3-c3ccccc3C2C=C1c1cccc(-c2cccc(-c3nc(-c4ccccc4)nc(-c4ccccc4)n3)c2)c1. The van der Waals surface area contributed by atoms with Crippen LogP contribution in [0.25, 0.3) is 62.0 Å². The lowest BCUT2D eigenvalue weighted by atomic mass is 9.69. The first-order valence-electron chi connectivity index (χ1n) is 16.4. The number of benzene rings is 6. The fourth-order valence-electron chi connectivity index (χ4n) is 7.17. The van der Waals surface area contributed by atoms with Gasteiger partial charge in [0.15, 0.2) is 17.5 Å². The molecule has 2 aliphatic carbocycles. The minimum Gasteiger partial charge on any atom is -0.208 e. The lowest BCUT2D eigenvalue weighted by Gasteiger charge is -2.35. The molecule has 2 unspecified atom stereocenters. The van der Waals surface area contributed by atoms with Crippen LogP contribution in [-0.2, 0) is 0 Å². The fraction of sp³-hybridized carbons (Fsp3) is 0.0444. The predicted octanol–water partition coefficient (Wildman–Crippen LogP) is 11.0. The fourth-order valence-corrected chi connectivity index (χ4v) is 7.17. The van der Waals surface area contributed by atoms with Gasteiger partial charge in [0.05, 0.1) is 0 Å². The van der Waals surface area contributed by atoms with Crippen LogP contribution in [0.1, 0.15) is 28.5 Å². The van der Waals surface area contributed by atoms with Gasteiger partial charge >= 0.3 is 0 Å². The second kappa shape index (κ2) is 11.9. The molecule has 2 aliphatic rings. The summed E-state index contributed by atoms with van der Waals surface area (Å²) >= 11 is 0. The number of fused-ring (bicyclic) bond motifs is 6. The zero-order chi connectivity index (χ0) is 31.9. The van der Waals surface area contributed by atoms with Crippen LogP contribution in [0.15, 0.2) is 176 Å². The predicted molar refractivity (Wildman–Crippen MR) is 196 cm³/mol. The van der Waals surface area contributed by atoms with Crippen molar-refractivity contribution < 1.29 is 0 Å². The molecule has 0 fully saturated rings. The number of allylic oxidation sites excluding steroid dienone is 4. The smallest absolute Gasteiger partial charge is 0.164 e. The van der Waals surface area contributed by atoms with Crippen LogP contribution in [0.5, 0.6) is 0 Å². The van der Waals surface area contributed by atoms with E-state index in [0.717, 1.165) is 27.8 Å². The number of rotatable bonds is 5. The first-order chi connectivity index (χ1) is 23.8. The highest BCUT2D eigenvalue weighted by molar-refractivity contribution is 5.84. The second-order valence-electron chi connectivity index (χ2n) is 12.4. The molecule has 0 radical (unpaired) electrons. The van der Waals surface area contributed by atoms with Crippen molar-refractivity contribution in [2.45, 2.75) is 11.8 Å². The van der Waals surface area contributed by atoms with Crippen LogP contribution in [0, 0.1) is 0 Å². The number of hydrogen-bond acceptors (Lipinski definition) is 3. The van der Waals surface area contributed by atoms with Gasteiger partial charge in [-0.05, 0) is 56.6 Å². The summed E-state index contributed by atoms with van der Waals surface area (Å²) in [4.78, 5) is 14.8. The third-order valence-corrected chi connectivity index (χ3v) is 9.51. The Hall–Kier alpha value is -6.19. The molecule has 3 nitrogen and oxygen atoms in total. The van der Waals surface area contributed by atoms with Gasteiger partial charge in [0.2, 0.25) is 0 Å². The highest BCUT2D eigenvalue weighted by Crippen LogP contribution is 2.50. The Balaban J connectivity index is 1.09. The van der Waals surface area contributed by atoms with Gasteiger partial charge in [0.1, 0.15) is 0 Å². The summed E-state index contributed by atoms with van der Waals surface area (Å²) in [6, 6.07) is 55.3. The molecule has 9 rings (SSSR count). The van der Waals surface area contributed by atoms with Crippen molar-refractivity contribution in [1.82, 2.24) is 15.0 Å². The van der Waals surface area contributed by atoms with E-state index in [1.54, 1.807) is 0 Å². The molecule has 0 saturated carbocycles. The maximum atomic E-state index is 4.96. The Kier molecular flexibility index (Phi) is 6.94. The number of nitrogens with zero attached hydrogens (tertiary/aromatic N) is 3. The Labute approximate surface area is 280 Å². The highest BCUT2D eigenvalue weighted by Gasteiger charge is 2.32. The minimum atomic E-state index is 0.296. The van der Waals surface area contributed by atoms with Crippen molar-refractivity contribution in [2.75, 3.05) is 0 Å². The normalized spacial score (nSPS) is 16.0. The molecular formula is C45H31N3. The minimum absolute atomic E-state index is 0.296. The van der Waals surface area contributed by atoms with Crippen LogP contribution < -0.4 is 0 Å². The summed E-state index contributed by atoms with van der Waals surface area (Å²) in [6.07, 6.45) is 7.18. The molecule has 0 bridgehead atoms. The molecule has 48 heavy (non-hydrogen) atoms. The molecule has 0 amide bonds. The van der Waals surface area contributed by atoms with Crippen LogP contribution in [0.2, 0.25) is 0 Å². The van der Waals surface area contributed by atoms with E-state index in [0.29, 0.717) is 29.3 Å². The summed E-state index contributed by atoms with van der Waals surface area (Å²) in [7, 11) is 0. The van der Waals surface area contributed by atoms with Crippen LogP contribution >= 0.6 is 0 Å². The van der Waals surface area contributed by atoms with Crippen molar-refractivity contribution >= 4 is 5.57 Å². The number of aromatic nitrogens is 3. The molecule has 2 atom stereocenters. The van der Waals surface area contributed by atoms with E-state index in [4.69, 9.17) is 15.0 Å². The quantitative estimate of drug-likeness (QED) is 0.194. The molecule has 1 aromatic heterocycles. The van der Waals surface area contributed by atoms with E-state index in [-0.39, 0.29) is 0 Å². The molecule has 226 valence electrons. The summed E-state index contributed by atoms with van der Waals surface area (Å²) in [5.41, 5.74) is 13.1. The van der Waals surface area contributed by atoms with Crippen molar-refractivity contribution in [1.29, 1.82) is 0 Å². The molecule has 0 saturated heterocycles. The van der Waals surface area contributed by atoms with Gasteiger partial charge in [-0.3, -0.25) is 0 Å². The number of hydrogen-bond donors (Lipinski definition) is 0. The van der Waals surface area contributed by atoms with E-state index in [2.05, 4.69) is 115 Å². The Morgan fingerprint density at radius 2 is 0.792 bits per heavy atom. The van der Waals surface area contributed by atoms with E-state index in [9.17, 15) is 0 Å². The standard InChI is InChI=1S/C45H31N3/c1-3-13-30(14-4-1)43-46-44(31-15-5-2-6-16-31)48-45(47-43)36-20-12-19-34(28-36)32-17-11-18-33(27-32)35-25-26-41-39-23-8-7-21-37(39)38-22-9-10-24-40(38)42(41)29-35/h1-29,41-42H. The third kappa shape index (κ3) is 5.06. The van der Waals surface area contributed by atoms with Gasteiger partial charge < -0.3 is 0 Å².